The molecule has 0 radical (unpaired) electrons. The maximum atomic E-state index is 9.85. The zero-order chi connectivity index (χ0) is 10.2. The summed E-state index contributed by atoms with van der Waals surface area (Å²) in [6, 6.07) is 0. The maximum Gasteiger partial charge on any atom is 0.0938 e. The number of nitrogens with zero attached hydrogens (tertiary/aromatic N) is 1. The quantitative estimate of drug-likeness (QED) is 0.566. The van der Waals surface area contributed by atoms with Crippen LogP contribution in [0.25, 0.3) is 0 Å². The van der Waals surface area contributed by atoms with Gasteiger partial charge < -0.3 is 15.3 Å². The van der Waals surface area contributed by atoms with Crippen LogP contribution < -0.4 is 0 Å². The summed E-state index contributed by atoms with van der Waals surface area (Å²) in [6.45, 7) is 1.86. The summed E-state index contributed by atoms with van der Waals surface area (Å²) in [5, 5.41) is 28.5. The van der Waals surface area contributed by atoms with Crippen LogP contribution in [0.4, 0.5) is 0 Å². The molecule has 2 rings (SSSR count). The van der Waals surface area contributed by atoms with Crippen molar-refractivity contribution in [3.63, 3.8) is 0 Å². The number of aliphatic hydroxyl groups is 3. The molecule has 0 aromatic rings. The highest BCUT2D eigenvalue weighted by Gasteiger charge is 2.36. The lowest BCUT2D eigenvalue weighted by molar-refractivity contribution is -0.0458. The van der Waals surface area contributed by atoms with E-state index in [0.29, 0.717) is 13.1 Å². The zero-order valence-corrected chi connectivity index (χ0v) is 8.39. The van der Waals surface area contributed by atoms with Gasteiger partial charge in [0.15, 0.2) is 0 Å². The van der Waals surface area contributed by atoms with Gasteiger partial charge in [0.25, 0.3) is 0 Å². The third-order valence-electron chi connectivity index (χ3n) is 3.51. The van der Waals surface area contributed by atoms with E-state index in [1.807, 2.05) is 4.90 Å². The molecule has 4 heteroatoms. The first-order valence-electron chi connectivity index (χ1n) is 5.40. The van der Waals surface area contributed by atoms with E-state index < -0.39 is 17.8 Å². The van der Waals surface area contributed by atoms with E-state index in [0.717, 1.165) is 32.2 Å². The number of likely N-dealkylation sites (tertiary alicyclic amines) is 1. The molecule has 1 saturated heterocycles. The second kappa shape index (κ2) is 3.77. The number of hydrogen-bond acceptors (Lipinski definition) is 4. The molecule has 1 saturated carbocycles. The summed E-state index contributed by atoms with van der Waals surface area (Å²) in [5.41, 5.74) is -0.446. The predicted molar refractivity (Wildman–Crippen MR) is 51.9 cm³/mol. The molecule has 82 valence electrons. The van der Waals surface area contributed by atoms with Crippen molar-refractivity contribution in [3.05, 3.63) is 0 Å². The number of β-amino-alcohol motifs (C(OH)–C–C–N with tert-alkyl or cyclic N) is 2. The second-order valence-electron chi connectivity index (χ2n) is 4.72. The average molecular weight is 201 g/mol. The largest absolute Gasteiger partial charge is 0.390 e. The first-order chi connectivity index (χ1) is 6.59. The maximum absolute atomic E-state index is 9.85. The summed E-state index contributed by atoms with van der Waals surface area (Å²) in [5.74, 6) is 0. The Bertz CT molecular complexity index is 196. The van der Waals surface area contributed by atoms with Crippen LogP contribution >= 0.6 is 0 Å². The topological polar surface area (TPSA) is 63.9 Å². The molecule has 0 spiro atoms. The van der Waals surface area contributed by atoms with Gasteiger partial charge in [-0.15, -0.1) is 0 Å². The second-order valence-corrected chi connectivity index (χ2v) is 4.72. The van der Waals surface area contributed by atoms with E-state index in [-0.39, 0.29) is 0 Å². The molecule has 0 bridgehead atoms. The lowest BCUT2D eigenvalue weighted by atomic mass is 9.78. The number of aliphatic hydroxyl groups excluding tert-OH is 2. The normalized spacial score (nSPS) is 37.1. The highest BCUT2D eigenvalue weighted by atomic mass is 16.3. The molecular formula is C10H19NO3. The van der Waals surface area contributed by atoms with Gasteiger partial charge in [-0.05, 0) is 25.7 Å². The van der Waals surface area contributed by atoms with Gasteiger partial charge >= 0.3 is 0 Å². The van der Waals surface area contributed by atoms with Crippen LogP contribution in [-0.2, 0) is 0 Å². The summed E-state index contributed by atoms with van der Waals surface area (Å²) >= 11 is 0. The molecular weight excluding hydrogens is 182 g/mol. The van der Waals surface area contributed by atoms with Crippen molar-refractivity contribution in [1.82, 2.24) is 4.90 Å². The lowest BCUT2D eigenvalue weighted by Crippen LogP contribution is -2.40. The van der Waals surface area contributed by atoms with Gasteiger partial charge in [-0.1, -0.05) is 0 Å². The third-order valence-corrected chi connectivity index (χ3v) is 3.51. The van der Waals surface area contributed by atoms with Crippen molar-refractivity contribution in [3.8, 4) is 0 Å². The minimum Gasteiger partial charge on any atom is -0.390 e. The van der Waals surface area contributed by atoms with Crippen LogP contribution in [0.2, 0.25) is 0 Å². The van der Waals surface area contributed by atoms with Crippen molar-refractivity contribution >= 4 is 0 Å². The number of hydrogen-bond donors (Lipinski definition) is 3. The summed E-state index contributed by atoms with van der Waals surface area (Å²) in [4.78, 5) is 2.02. The molecule has 2 aliphatic rings. The van der Waals surface area contributed by atoms with E-state index in [9.17, 15) is 15.3 Å². The SMILES string of the molecule is O[C@@H]1CN(CCC2(O)CCC2)C[C@@H]1O. The molecule has 2 fully saturated rings. The van der Waals surface area contributed by atoms with E-state index in [2.05, 4.69) is 0 Å². The van der Waals surface area contributed by atoms with E-state index >= 15 is 0 Å². The van der Waals surface area contributed by atoms with Gasteiger partial charge in [-0.25, -0.2) is 0 Å². The van der Waals surface area contributed by atoms with Gasteiger partial charge in [-0.3, -0.25) is 4.90 Å². The molecule has 2 atom stereocenters. The highest BCUT2D eigenvalue weighted by molar-refractivity contribution is 4.90. The van der Waals surface area contributed by atoms with Gasteiger partial charge in [-0.2, -0.15) is 0 Å². The van der Waals surface area contributed by atoms with E-state index in [4.69, 9.17) is 0 Å². The van der Waals surface area contributed by atoms with Gasteiger partial charge in [0, 0.05) is 19.6 Å². The molecule has 14 heavy (non-hydrogen) atoms. The summed E-state index contributed by atoms with van der Waals surface area (Å²) in [7, 11) is 0. The molecule has 0 unspecified atom stereocenters. The average Bonchev–Trinajstić information content (AvgIpc) is 2.40. The highest BCUT2D eigenvalue weighted by Crippen LogP contribution is 2.34. The van der Waals surface area contributed by atoms with Crippen molar-refractivity contribution < 1.29 is 15.3 Å². The molecule has 1 aliphatic heterocycles. The van der Waals surface area contributed by atoms with Crippen molar-refractivity contribution in [2.45, 2.75) is 43.5 Å². The van der Waals surface area contributed by atoms with Crippen LogP contribution in [0.3, 0.4) is 0 Å². The summed E-state index contributed by atoms with van der Waals surface area (Å²) < 4.78 is 0. The van der Waals surface area contributed by atoms with Crippen LogP contribution in [0.5, 0.6) is 0 Å². The van der Waals surface area contributed by atoms with Crippen molar-refractivity contribution in [2.75, 3.05) is 19.6 Å². The Morgan fingerprint density at radius 1 is 1.14 bits per heavy atom. The Morgan fingerprint density at radius 3 is 2.14 bits per heavy atom. The van der Waals surface area contributed by atoms with E-state index in [1.165, 1.54) is 0 Å². The van der Waals surface area contributed by atoms with Crippen molar-refractivity contribution in [1.29, 1.82) is 0 Å². The Hall–Kier alpha value is -0.160. The molecule has 0 aromatic carbocycles. The minimum atomic E-state index is -0.606. The fraction of sp³-hybridized carbons (Fsp3) is 1.00. The Morgan fingerprint density at radius 2 is 1.71 bits per heavy atom. The van der Waals surface area contributed by atoms with E-state index in [1.54, 1.807) is 0 Å². The van der Waals surface area contributed by atoms with Gasteiger partial charge in [0.05, 0.1) is 17.8 Å². The number of rotatable bonds is 3. The lowest BCUT2D eigenvalue weighted by Gasteiger charge is -2.37. The Labute approximate surface area is 84.2 Å². The fourth-order valence-corrected chi connectivity index (χ4v) is 2.23. The molecule has 0 amide bonds. The fourth-order valence-electron chi connectivity index (χ4n) is 2.23. The van der Waals surface area contributed by atoms with Crippen LogP contribution in [0.15, 0.2) is 0 Å². The Kier molecular flexibility index (Phi) is 2.79. The molecule has 1 aliphatic carbocycles. The zero-order valence-electron chi connectivity index (χ0n) is 8.39. The Balaban J connectivity index is 1.71. The van der Waals surface area contributed by atoms with Crippen molar-refractivity contribution in [2.24, 2.45) is 0 Å². The van der Waals surface area contributed by atoms with Gasteiger partial charge in [0.2, 0.25) is 0 Å². The first kappa shape index (κ1) is 10.4. The third kappa shape index (κ3) is 2.08. The van der Waals surface area contributed by atoms with Crippen LogP contribution in [0.1, 0.15) is 25.7 Å². The summed E-state index contributed by atoms with van der Waals surface area (Å²) in [6.07, 6.45) is 2.50. The smallest absolute Gasteiger partial charge is 0.0938 e. The van der Waals surface area contributed by atoms with Crippen LogP contribution in [-0.4, -0.2) is 57.7 Å². The van der Waals surface area contributed by atoms with Crippen LogP contribution in [0, 0.1) is 0 Å². The monoisotopic (exact) mass is 201 g/mol. The van der Waals surface area contributed by atoms with Gasteiger partial charge in [0.1, 0.15) is 0 Å². The minimum absolute atomic E-state index is 0.446. The molecule has 1 heterocycles. The molecule has 0 aromatic heterocycles. The molecule has 4 nitrogen and oxygen atoms in total. The standard InChI is InChI=1S/C10H19NO3/c12-8-6-11(7-9(8)13)5-4-10(14)2-1-3-10/h8-9,12-14H,1-7H2/t8-,9+. The first-order valence-corrected chi connectivity index (χ1v) is 5.40. The predicted octanol–water partition coefficient (Wildman–Crippen LogP) is -0.671. The molecule has 3 N–H and O–H groups in total.